The molecule has 0 fully saturated rings. The fourth-order valence-electron chi connectivity index (χ4n) is 2.85. The molecule has 0 aliphatic rings. The second-order valence-electron chi connectivity index (χ2n) is 6.53. The van der Waals surface area contributed by atoms with E-state index in [1.165, 1.54) is 83.5 Å². The van der Waals surface area contributed by atoms with E-state index in [0.717, 1.165) is 32.2 Å². The Hall–Kier alpha value is -0.370. The van der Waals surface area contributed by atoms with Gasteiger partial charge in [-0.3, -0.25) is 0 Å². The lowest BCUT2D eigenvalue weighted by atomic mass is 9.96. The first-order valence-electron chi connectivity index (χ1n) is 10.7. The van der Waals surface area contributed by atoms with Crippen LogP contribution in [0.15, 0.2) is 0 Å². The van der Waals surface area contributed by atoms with Crippen LogP contribution in [0.1, 0.15) is 124 Å². The third-order valence-corrected chi connectivity index (χ3v) is 4.32. The van der Waals surface area contributed by atoms with Crippen LogP contribution >= 0.6 is 0 Å². The number of aldehydes is 1. The van der Waals surface area contributed by atoms with Crippen molar-refractivity contribution in [1.82, 2.24) is 0 Å². The van der Waals surface area contributed by atoms with Gasteiger partial charge >= 0.3 is 0 Å². The van der Waals surface area contributed by atoms with E-state index in [1.807, 2.05) is 13.8 Å². The summed E-state index contributed by atoms with van der Waals surface area (Å²) >= 11 is 0. The molecule has 0 saturated heterocycles. The van der Waals surface area contributed by atoms with Crippen molar-refractivity contribution in [3.8, 4) is 0 Å². The summed E-state index contributed by atoms with van der Waals surface area (Å²) in [5.41, 5.74) is 0. The van der Waals surface area contributed by atoms with E-state index >= 15 is 0 Å². The zero-order valence-electron chi connectivity index (χ0n) is 17.6. The average Bonchev–Trinajstić information content (AvgIpc) is 2.63. The Morgan fingerprint density at radius 3 is 1.50 bits per heavy atom. The predicted octanol–water partition coefficient (Wildman–Crippen LogP) is 7.33. The molecule has 0 aliphatic heterocycles. The topological polar surface area (TPSA) is 37.3 Å². The van der Waals surface area contributed by atoms with Gasteiger partial charge in [0, 0.05) is 13.5 Å². The Bertz CT molecular complexity index is 192. The molecule has 148 valence electrons. The van der Waals surface area contributed by atoms with Crippen molar-refractivity contribution in [3.63, 3.8) is 0 Å². The van der Waals surface area contributed by atoms with Crippen LogP contribution in [-0.2, 0) is 4.79 Å². The average molecular weight is 345 g/mol. The molecule has 0 bridgehead atoms. The molecule has 0 amide bonds. The van der Waals surface area contributed by atoms with E-state index in [4.69, 9.17) is 5.11 Å². The van der Waals surface area contributed by atoms with Crippen LogP contribution in [0.5, 0.6) is 0 Å². The monoisotopic (exact) mass is 344 g/mol. The maximum absolute atomic E-state index is 10.2. The Morgan fingerprint density at radius 2 is 1.08 bits per heavy atom. The van der Waals surface area contributed by atoms with E-state index < -0.39 is 0 Å². The molecule has 0 aromatic rings. The minimum absolute atomic E-state index is 0.759. The van der Waals surface area contributed by atoms with Crippen molar-refractivity contribution in [3.05, 3.63) is 0 Å². The summed E-state index contributed by atoms with van der Waals surface area (Å²) < 4.78 is 0. The first-order chi connectivity index (χ1) is 11.8. The largest absolute Gasteiger partial charge is 0.400 e. The second-order valence-corrected chi connectivity index (χ2v) is 6.53. The summed E-state index contributed by atoms with van der Waals surface area (Å²) in [5, 5.41) is 7.00. The zero-order chi connectivity index (χ0) is 18.9. The van der Waals surface area contributed by atoms with Gasteiger partial charge in [0.2, 0.25) is 0 Å². The molecule has 0 radical (unpaired) electrons. The predicted molar refractivity (Wildman–Crippen MR) is 110 cm³/mol. The minimum Gasteiger partial charge on any atom is -0.400 e. The van der Waals surface area contributed by atoms with Crippen LogP contribution in [0.25, 0.3) is 0 Å². The van der Waals surface area contributed by atoms with Gasteiger partial charge in [-0.15, -0.1) is 0 Å². The van der Waals surface area contributed by atoms with E-state index in [0.29, 0.717) is 0 Å². The van der Waals surface area contributed by atoms with Crippen molar-refractivity contribution >= 4 is 6.29 Å². The first-order valence-corrected chi connectivity index (χ1v) is 10.7. The van der Waals surface area contributed by atoms with Crippen molar-refractivity contribution < 1.29 is 9.90 Å². The van der Waals surface area contributed by atoms with Gasteiger partial charge in [-0.25, -0.2) is 0 Å². The molecule has 1 N–H and O–H groups in total. The molecule has 0 spiro atoms. The van der Waals surface area contributed by atoms with Crippen molar-refractivity contribution in [1.29, 1.82) is 0 Å². The van der Waals surface area contributed by atoms with E-state index in [-0.39, 0.29) is 0 Å². The van der Waals surface area contributed by atoms with Gasteiger partial charge in [0.1, 0.15) is 6.29 Å². The van der Waals surface area contributed by atoms with Crippen molar-refractivity contribution in [2.24, 2.45) is 5.92 Å². The smallest absolute Gasteiger partial charge is 0.119 e. The highest BCUT2D eigenvalue weighted by molar-refractivity contribution is 5.48. The molecular formula is C22H48O2. The molecule has 0 saturated carbocycles. The fraction of sp³-hybridized carbons (Fsp3) is 0.955. The fourth-order valence-corrected chi connectivity index (χ4v) is 2.85. The number of hydrogen-bond donors (Lipinski definition) is 1. The number of rotatable bonds is 16. The maximum atomic E-state index is 10.2. The lowest BCUT2D eigenvalue weighted by Crippen LogP contribution is -1.95. The summed E-state index contributed by atoms with van der Waals surface area (Å²) in [6.07, 6.45) is 21.0. The molecular weight excluding hydrogens is 296 g/mol. The number of aliphatic hydroxyl groups excluding tert-OH is 1. The second kappa shape index (κ2) is 30.5. The van der Waals surface area contributed by atoms with E-state index in [9.17, 15) is 4.79 Å². The van der Waals surface area contributed by atoms with Crippen LogP contribution in [0.3, 0.4) is 0 Å². The van der Waals surface area contributed by atoms with Gasteiger partial charge in [-0.2, -0.15) is 0 Å². The summed E-state index contributed by atoms with van der Waals surface area (Å²) in [6.45, 7) is 8.70. The van der Waals surface area contributed by atoms with Gasteiger partial charge < -0.3 is 9.90 Å². The molecule has 2 heteroatoms. The normalized spacial score (nSPS) is 10.9. The molecule has 1 unspecified atom stereocenters. The van der Waals surface area contributed by atoms with Gasteiger partial charge in [-0.1, -0.05) is 111 Å². The number of aliphatic hydroxyl groups is 1. The van der Waals surface area contributed by atoms with Crippen LogP contribution in [-0.4, -0.2) is 18.5 Å². The van der Waals surface area contributed by atoms with Crippen LogP contribution < -0.4 is 0 Å². The Morgan fingerprint density at radius 1 is 0.708 bits per heavy atom. The maximum Gasteiger partial charge on any atom is 0.119 e. The molecule has 0 aromatic carbocycles. The highest BCUT2D eigenvalue weighted by atomic mass is 16.2. The lowest BCUT2D eigenvalue weighted by Gasteiger charge is -2.11. The summed E-state index contributed by atoms with van der Waals surface area (Å²) in [5.74, 6) is 0.917. The third kappa shape index (κ3) is 29.6. The number of unbranched alkanes of at least 4 members (excludes halogenated alkanes) is 11. The molecule has 2 nitrogen and oxygen atoms in total. The molecule has 0 aliphatic carbocycles. The summed E-state index contributed by atoms with van der Waals surface area (Å²) in [7, 11) is 1.00. The highest BCUT2D eigenvalue weighted by Gasteiger charge is 2.02. The molecule has 1 atom stereocenters. The van der Waals surface area contributed by atoms with Crippen molar-refractivity contribution in [2.75, 3.05) is 7.11 Å². The van der Waals surface area contributed by atoms with Gasteiger partial charge in [0.15, 0.2) is 0 Å². The first kappa shape index (κ1) is 28.4. The number of carbonyl (C=O) groups is 1. The van der Waals surface area contributed by atoms with Crippen LogP contribution in [0, 0.1) is 5.92 Å². The molecule has 0 rings (SSSR count). The SMILES string of the molecule is CC.CCCCCCCCCC(C)CCCCCCCC=O.CO. The standard InChI is InChI=1S/C19H38O.C2H6.CH4O/c1-3-4-5-6-7-10-13-16-19(2)17-14-11-8-9-12-15-18-20;2*1-2/h18-19H,3-17H2,1-2H3;1-2H3;2H,1H3. The lowest BCUT2D eigenvalue weighted by molar-refractivity contribution is -0.107. The summed E-state index contributed by atoms with van der Waals surface area (Å²) in [6, 6.07) is 0. The minimum atomic E-state index is 0.759. The molecule has 0 aromatic heterocycles. The van der Waals surface area contributed by atoms with Gasteiger partial charge in [0.05, 0.1) is 0 Å². The number of hydrogen-bond acceptors (Lipinski definition) is 2. The molecule has 24 heavy (non-hydrogen) atoms. The number of carbonyl (C=O) groups excluding carboxylic acids is 1. The van der Waals surface area contributed by atoms with E-state index in [2.05, 4.69) is 13.8 Å². The Kier molecular flexibility index (Phi) is 36.1. The van der Waals surface area contributed by atoms with Gasteiger partial charge in [0.25, 0.3) is 0 Å². The van der Waals surface area contributed by atoms with Crippen LogP contribution in [0.4, 0.5) is 0 Å². The Labute approximate surface area is 153 Å². The van der Waals surface area contributed by atoms with Gasteiger partial charge in [-0.05, 0) is 12.3 Å². The quantitative estimate of drug-likeness (QED) is 0.235. The van der Waals surface area contributed by atoms with Crippen LogP contribution in [0.2, 0.25) is 0 Å². The zero-order valence-corrected chi connectivity index (χ0v) is 17.6. The highest BCUT2D eigenvalue weighted by Crippen LogP contribution is 2.18. The molecule has 0 heterocycles. The Balaban J connectivity index is -0.00000102. The van der Waals surface area contributed by atoms with E-state index in [1.54, 1.807) is 0 Å². The third-order valence-electron chi connectivity index (χ3n) is 4.32. The van der Waals surface area contributed by atoms with Crippen molar-refractivity contribution in [2.45, 2.75) is 124 Å². The summed E-state index contributed by atoms with van der Waals surface area (Å²) in [4.78, 5) is 10.2.